The molecule has 17 heavy (non-hydrogen) atoms. The fourth-order valence-electron chi connectivity index (χ4n) is 1.24. The lowest BCUT2D eigenvalue weighted by atomic mass is 10.2. The van der Waals surface area contributed by atoms with E-state index in [1.165, 1.54) is 36.9 Å². The zero-order chi connectivity index (χ0) is 12.3. The Morgan fingerprint density at radius 3 is 2.65 bits per heavy atom. The Labute approximate surface area is 110 Å². The lowest BCUT2D eigenvalue weighted by Gasteiger charge is -2.05. The van der Waals surface area contributed by atoms with Gasteiger partial charge in [0, 0.05) is 3.57 Å². The third-order valence-corrected chi connectivity index (χ3v) is 2.89. The van der Waals surface area contributed by atoms with Gasteiger partial charge >= 0.3 is 0 Å². The van der Waals surface area contributed by atoms with Gasteiger partial charge in [-0.2, -0.15) is 0 Å². The monoisotopic (exact) mass is 343 g/mol. The van der Waals surface area contributed by atoms with Crippen molar-refractivity contribution in [3.63, 3.8) is 0 Å². The van der Waals surface area contributed by atoms with Crippen molar-refractivity contribution in [2.24, 2.45) is 0 Å². The van der Waals surface area contributed by atoms with E-state index in [9.17, 15) is 9.18 Å². The summed E-state index contributed by atoms with van der Waals surface area (Å²) in [7, 11) is 0. The molecule has 0 aliphatic carbocycles. The molecule has 1 amide bonds. The molecule has 0 spiro atoms. The minimum atomic E-state index is -0.367. The summed E-state index contributed by atoms with van der Waals surface area (Å²) in [4.78, 5) is 19.4. The molecule has 86 valence electrons. The molecule has 0 saturated carbocycles. The quantitative estimate of drug-likeness (QED) is 0.853. The average Bonchev–Trinajstić information content (AvgIpc) is 2.30. The van der Waals surface area contributed by atoms with Crippen LogP contribution in [0.3, 0.4) is 0 Å². The molecule has 0 aliphatic rings. The molecular formula is C11H7FIN3O. The van der Waals surface area contributed by atoms with E-state index >= 15 is 0 Å². The zero-order valence-corrected chi connectivity index (χ0v) is 10.7. The van der Waals surface area contributed by atoms with Crippen LogP contribution in [0.5, 0.6) is 0 Å². The van der Waals surface area contributed by atoms with Crippen LogP contribution in [0.1, 0.15) is 10.4 Å². The van der Waals surface area contributed by atoms with Crippen molar-refractivity contribution in [2.45, 2.75) is 0 Å². The number of carbonyl (C=O) groups is 1. The SMILES string of the molecule is O=C(Nc1cncnc1)c1ccc(F)cc1I. The summed E-state index contributed by atoms with van der Waals surface area (Å²) in [6.07, 6.45) is 4.35. The van der Waals surface area contributed by atoms with E-state index in [-0.39, 0.29) is 11.7 Å². The molecule has 0 atom stereocenters. The number of hydrogen-bond acceptors (Lipinski definition) is 3. The number of hydrogen-bond donors (Lipinski definition) is 1. The fraction of sp³-hybridized carbons (Fsp3) is 0. The van der Waals surface area contributed by atoms with E-state index in [1.54, 1.807) is 0 Å². The Kier molecular flexibility index (Phi) is 3.62. The minimum absolute atomic E-state index is 0.316. The topological polar surface area (TPSA) is 54.9 Å². The summed E-state index contributed by atoms with van der Waals surface area (Å²) in [5.41, 5.74) is 0.911. The first-order valence-electron chi connectivity index (χ1n) is 4.68. The highest BCUT2D eigenvalue weighted by molar-refractivity contribution is 14.1. The van der Waals surface area contributed by atoms with Crippen LogP contribution in [-0.4, -0.2) is 15.9 Å². The maximum absolute atomic E-state index is 12.9. The third-order valence-electron chi connectivity index (χ3n) is 1.99. The van der Waals surface area contributed by atoms with Gasteiger partial charge < -0.3 is 5.32 Å². The lowest BCUT2D eigenvalue weighted by molar-refractivity contribution is 0.102. The second-order valence-electron chi connectivity index (χ2n) is 3.21. The van der Waals surface area contributed by atoms with Gasteiger partial charge in [-0.05, 0) is 40.8 Å². The molecule has 6 heteroatoms. The second-order valence-corrected chi connectivity index (χ2v) is 4.37. The van der Waals surface area contributed by atoms with E-state index in [0.29, 0.717) is 14.8 Å². The van der Waals surface area contributed by atoms with Crippen LogP contribution in [0.25, 0.3) is 0 Å². The summed E-state index contributed by atoms with van der Waals surface area (Å²) in [6.45, 7) is 0. The number of nitrogens with zero attached hydrogens (tertiary/aromatic N) is 2. The zero-order valence-electron chi connectivity index (χ0n) is 8.52. The fourth-order valence-corrected chi connectivity index (χ4v) is 1.96. The van der Waals surface area contributed by atoms with Gasteiger partial charge in [-0.1, -0.05) is 0 Å². The molecule has 2 aromatic rings. The van der Waals surface area contributed by atoms with Gasteiger partial charge in [0.1, 0.15) is 12.1 Å². The molecule has 2 rings (SSSR count). The molecule has 0 aliphatic heterocycles. The van der Waals surface area contributed by atoms with E-state index in [2.05, 4.69) is 15.3 Å². The molecule has 0 fully saturated rings. The van der Waals surface area contributed by atoms with E-state index in [4.69, 9.17) is 0 Å². The minimum Gasteiger partial charge on any atom is -0.319 e. The molecule has 1 N–H and O–H groups in total. The van der Waals surface area contributed by atoms with Gasteiger partial charge in [0.05, 0.1) is 23.6 Å². The van der Waals surface area contributed by atoms with Crippen molar-refractivity contribution in [3.8, 4) is 0 Å². The lowest BCUT2D eigenvalue weighted by Crippen LogP contribution is -2.13. The normalized spacial score (nSPS) is 10.0. The summed E-state index contributed by atoms with van der Waals surface area (Å²) < 4.78 is 13.4. The van der Waals surface area contributed by atoms with Crippen molar-refractivity contribution in [1.29, 1.82) is 0 Å². The predicted octanol–water partition coefficient (Wildman–Crippen LogP) is 2.47. The molecule has 1 aromatic heterocycles. The first-order chi connectivity index (χ1) is 8.16. The van der Waals surface area contributed by atoms with Crippen molar-refractivity contribution in [1.82, 2.24) is 9.97 Å². The van der Waals surface area contributed by atoms with Crippen LogP contribution in [0.4, 0.5) is 10.1 Å². The van der Waals surface area contributed by atoms with Crippen LogP contribution in [0.15, 0.2) is 36.9 Å². The van der Waals surface area contributed by atoms with E-state index in [1.807, 2.05) is 22.6 Å². The van der Waals surface area contributed by atoms with Crippen molar-refractivity contribution < 1.29 is 9.18 Å². The number of aromatic nitrogens is 2. The number of halogens is 2. The van der Waals surface area contributed by atoms with Crippen molar-refractivity contribution in [2.75, 3.05) is 5.32 Å². The number of rotatable bonds is 2. The smallest absolute Gasteiger partial charge is 0.256 e. The Morgan fingerprint density at radius 2 is 2.00 bits per heavy atom. The first kappa shape index (κ1) is 11.9. The van der Waals surface area contributed by atoms with Gasteiger partial charge in [0.25, 0.3) is 5.91 Å². The Morgan fingerprint density at radius 1 is 1.29 bits per heavy atom. The summed E-state index contributed by atoms with van der Waals surface area (Å²) >= 11 is 1.91. The number of nitrogens with one attached hydrogen (secondary N) is 1. The molecule has 0 unspecified atom stereocenters. The Hall–Kier alpha value is -1.57. The highest BCUT2D eigenvalue weighted by Gasteiger charge is 2.10. The molecule has 0 radical (unpaired) electrons. The largest absolute Gasteiger partial charge is 0.319 e. The van der Waals surface area contributed by atoms with Gasteiger partial charge in [-0.25, -0.2) is 14.4 Å². The highest BCUT2D eigenvalue weighted by Crippen LogP contribution is 2.15. The predicted molar refractivity (Wildman–Crippen MR) is 69.1 cm³/mol. The van der Waals surface area contributed by atoms with Crippen LogP contribution >= 0.6 is 22.6 Å². The maximum atomic E-state index is 12.9. The van der Waals surface area contributed by atoms with Crippen LogP contribution in [0.2, 0.25) is 0 Å². The van der Waals surface area contributed by atoms with Gasteiger partial charge in [0.15, 0.2) is 0 Å². The van der Waals surface area contributed by atoms with Crippen molar-refractivity contribution in [3.05, 3.63) is 51.9 Å². The first-order valence-corrected chi connectivity index (χ1v) is 5.76. The van der Waals surface area contributed by atoms with E-state index in [0.717, 1.165) is 0 Å². The maximum Gasteiger partial charge on any atom is 0.256 e. The molecule has 1 heterocycles. The van der Waals surface area contributed by atoms with Crippen LogP contribution in [0, 0.1) is 9.39 Å². The standard InChI is InChI=1S/C11H7FIN3O/c12-7-1-2-9(10(13)3-7)11(17)16-8-4-14-6-15-5-8/h1-6H,(H,16,17). The Balaban J connectivity index is 2.21. The second kappa shape index (κ2) is 5.17. The molecule has 0 bridgehead atoms. The summed E-state index contributed by atoms with van der Waals surface area (Å²) in [6, 6.07) is 3.99. The average molecular weight is 343 g/mol. The molecule has 0 saturated heterocycles. The van der Waals surface area contributed by atoms with Gasteiger partial charge in [-0.3, -0.25) is 4.79 Å². The third kappa shape index (κ3) is 2.96. The van der Waals surface area contributed by atoms with Crippen molar-refractivity contribution >= 4 is 34.2 Å². The molecular weight excluding hydrogens is 336 g/mol. The van der Waals surface area contributed by atoms with Gasteiger partial charge in [-0.15, -0.1) is 0 Å². The van der Waals surface area contributed by atoms with Gasteiger partial charge in [0.2, 0.25) is 0 Å². The molecule has 1 aromatic carbocycles. The number of anilines is 1. The summed E-state index contributed by atoms with van der Waals surface area (Å²) in [5, 5.41) is 2.63. The van der Waals surface area contributed by atoms with Crippen LogP contribution < -0.4 is 5.32 Å². The number of benzene rings is 1. The van der Waals surface area contributed by atoms with E-state index < -0.39 is 0 Å². The highest BCUT2D eigenvalue weighted by atomic mass is 127. The van der Waals surface area contributed by atoms with Crippen LogP contribution in [-0.2, 0) is 0 Å². The number of carbonyl (C=O) groups excluding carboxylic acids is 1. The Bertz CT molecular complexity index is 548. The summed E-state index contributed by atoms with van der Waals surface area (Å²) in [5.74, 6) is -0.682. The number of amides is 1. The molecule has 4 nitrogen and oxygen atoms in total.